The highest BCUT2D eigenvalue weighted by molar-refractivity contribution is 6.36. The summed E-state index contributed by atoms with van der Waals surface area (Å²) >= 11 is 0. The Morgan fingerprint density at radius 2 is 1.47 bits per heavy atom. The first-order valence-corrected chi connectivity index (χ1v) is 10.7. The highest BCUT2D eigenvalue weighted by Gasteiger charge is 2.31. The number of carbonyl (C=O) groups is 3. The van der Waals surface area contributed by atoms with Crippen LogP contribution in [0.5, 0.6) is 0 Å². The highest BCUT2D eigenvalue weighted by atomic mass is 19.2. The molecule has 0 N–H and O–H groups in total. The summed E-state index contributed by atoms with van der Waals surface area (Å²) in [6.45, 7) is 1.74. The number of Topliss-reactive ketones (excluding diaryl/α,β-unsaturated/α-hetero) is 2. The molecule has 1 fully saturated rings. The van der Waals surface area contributed by atoms with E-state index >= 15 is 0 Å². The Morgan fingerprint density at radius 3 is 2.00 bits per heavy atom. The molecule has 1 saturated heterocycles. The molecule has 0 radical (unpaired) electrons. The first kappa shape index (κ1) is 25.1. The Hall–Kier alpha value is -3.52. The zero-order chi connectivity index (χ0) is 25.0. The third kappa shape index (κ3) is 6.08. The summed E-state index contributed by atoms with van der Waals surface area (Å²) in [7, 11) is 3.57. The van der Waals surface area contributed by atoms with Crippen molar-refractivity contribution < 1.29 is 27.6 Å². The Kier molecular flexibility index (Phi) is 7.83. The molecule has 0 unspecified atom stereocenters. The van der Waals surface area contributed by atoms with Crippen LogP contribution in [0.3, 0.4) is 0 Å². The third-order valence-electron chi connectivity index (χ3n) is 5.42. The lowest BCUT2D eigenvalue weighted by atomic mass is 9.93. The number of amides is 1. The van der Waals surface area contributed by atoms with E-state index in [1.54, 1.807) is 32.0 Å². The quantitative estimate of drug-likeness (QED) is 0.476. The van der Waals surface area contributed by atoms with Gasteiger partial charge < -0.3 is 9.80 Å². The maximum atomic E-state index is 13.7. The first-order valence-electron chi connectivity index (χ1n) is 10.7. The molecule has 5 nitrogen and oxygen atoms in total. The number of carbonyl (C=O) groups excluding carboxylic acids is 3. The summed E-state index contributed by atoms with van der Waals surface area (Å²) in [6.07, 6.45) is 2.94. The summed E-state index contributed by atoms with van der Waals surface area (Å²) in [4.78, 5) is 41.5. The average Bonchev–Trinajstić information content (AvgIpc) is 2.79. The SMILES string of the molecule is Cc1cc(/C=C2\CN(C(=O)C(=O)CCN(C)C)C/C(=C\c3ccc(F)c(F)c3)C2=O)ccc1F. The topological polar surface area (TPSA) is 57.7 Å². The van der Waals surface area contributed by atoms with Gasteiger partial charge in [-0.05, 0) is 74.1 Å². The molecule has 1 amide bonds. The van der Waals surface area contributed by atoms with E-state index in [0.29, 0.717) is 17.7 Å². The number of nitrogens with zero attached hydrogens (tertiary/aromatic N) is 2. The predicted molar refractivity (Wildman–Crippen MR) is 123 cm³/mol. The van der Waals surface area contributed by atoms with Gasteiger partial charge in [0.25, 0.3) is 5.91 Å². The summed E-state index contributed by atoms with van der Waals surface area (Å²) in [6, 6.07) is 7.56. The number of benzene rings is 2. The second-order valence-corrected chi connectivity index (χ2v) is 8.49. The fourth-order valence-corrected chi connectivity index (χ4v) is 3.55. The fourth-order valence-electron chi connectivity index (χ4n) is 3.55. The zero-order valence-corrected chi connectivity index (χ0v) is 19.2. The molecule has 8 heteroatoms. The van der Waals surface area contributed by atoms with Crippen molar-refractivity contribution in [3.8, 4) is 0 Å². The lowest BCUT2D eigenvalue weighted by molar-refractivity contribution is -0.144. The Morgan fingerprint density at radius 1 is 0.912 bits per heavy atom. The molecule has 0 spiro atoms. The van der Waals surface area contributed by atoms with Crippen molar-refractivity contribution >= 4 is 29.6 Å². The second kappa shape index (κ2) is 10.6. The number of halogens is 3. The Balaban J connectivity index is 1.98. The normalized spacial score (nSPS) is 16.6. The Bertz CT molecular complexity index is 1130. The Labute approximate surface area is 196 Å². The van der Waals surface area contributed by atoms with Crippen molar-refractivity contribution in [2.75, 3.05) is 33.7 Å². The van der Waals surface area contributed by atoms with Crippen LogP contribution in [0.2, 0.25) is 0 Å². The fraction of sp³-hybridized carbons (Fsp3) is 0.269. The van der Waals surface area contributed by atoms with Gasteiger partial charge in [0.05, 0.1) is 13.1 Å². The average molecular weight is 470 g/mol. The van der Waals surface area contributed by atoms with E-state index < -0.39 is 29.1 Å². The van der Waals surface area contributed by atoms with Gasteiger partial charge in [-0.1, -0.05) is 12.1 Å². The number of likely N-dealkylation sites (tertiary alicyclic amines) is 1. The molecule has 1 aliphatic heterocycles. The van der Waals surface area contributed by atoms with Crippen molar-refractivity contribution in [1.82, 2.24) is 9.80 Å². The highest BCUT2D eigenvalue weighted by Crippen LogP contribution is 2.24. The molecule has 1 aliphatic rings. The van der Waals surface area contributed by atoms with Gasteiger partial charge in [0.1, 0.15) is 5.82 Å². The van der Waals surface area contributed by atoms with Gasteiger partial charge in [-0.2, -0.15) is 0 Å². The lowest BCUT2D eigenvalue weighted by Crippen LogP contribution is -2.45. The van der Waals surface area contributed by atoms with Gasteiger partial charge in [0.15, 0.2) is 17.4 Å². The maximum Gasteiger partial charge on any atom is 0.290 e. The number of rotatable bonds is 6. The first-order chi connectivity index (χ1) is 16.0. The molecule has 178 valence electrons. The minimum atomic E-state index is -1.07. The van der Waals surface area contributed by atoms with Gasteiger partial charge in [-0.3, -0.25) is 14.4 Å². The lowest BCUT2D eigenvalue weighted by Gasteiger charge is -2.29. The second-order valence-electron chi connectivity index (χ2n) is 8.49. The predicted octanol–water partition coefficient (Wildman–Crippen LogP) is 3.81. The molecule has 0 saturated carbocycles. The van der Waals surface area contributed by atoms with Crippen molar-refractivity contribution in [3.63, 3.8) is 0 Å². The van der Waals surface area contributed by atoms with Crippen LogP contribution >= 0.6 is 0 Å². The van der Waals surface area contributed by atoms with Gasteiger partial charge in [-0.15, -0.1) is 0 Å². The largest absolute Gasteiger partial charge is 0.327 e. The molecule has 0 aliphatic carbocycles. The zero-order valence-electron chi connectivity index (χ0n) is 19.2. The number of ketones is 2. The van der Waals surface area contributed by atoms with Crippen LogP contribution in [0, 0.1) is 24.4 Å². The summed E-state index contributed by atoms with van der Waals surface area (Å²) in [5.74, 6) is -4.19. The van der Waals surface area contributed by atoms with Crippen LogP contribution in [0.1, 0.15) is 23.1 Å². The van der Waals surface area contributed by atoms with Crippen LogP contribution < -0.4 is 0 Å². The van der Waals surface area contributed by atoms with Gasteiger partial charge in [-0.25, -0.2) is 13.2 Å². The summed E-state index contributed by atoms with van der Waals surface area (Å²) in [5.41, 5.74) is 1.56. The molecule has 2 aromatic carbocycles. The van der Waals surface area contributed by atoms with Gasteiger partial charge in [0, 0.05) is 24.1 Å². The number of piperidine rings is 1. The van der Waals surface area contributed by atoms with E-state index in [1.165, 1.54) is 35.3 Å². The number of hydrogen-bond acceptors (Lipinski definition) is 4. The van der Waals surface area contributed by atoms with E-state index in [1.807, 2.05) is 0 Å². The number of aryl methyl sites for hydroxylation is 1. The molecule has 1 heterocycles. The van der Waals surface area contributed by atoms with Crippen LogP contribution in [0.4, 0.5) is 13.2 Å². The molecule has 0 atom stereocenters. The van der Waals surface area contributed by atoms with E-state index in [2.05, 4.69) is 0 Å². The number of hydrogen-bond donors (Lipinski definition) is 0. The van der Waals surface area contributed by atoms with Crippen LogP contribution in [0.25, 0.3) is 12.2 Å². The summed E-state index contributed by atoms with van der Waals surface area (Å²) < 4.78 is 40.7. The maximum absolute atomic E-state index is 13.7. The molecule has 2 aromatic rings. The van der Waals surface area contributed by atoms with E-state index in [9.17, 15) is 27.6 Å². The molecule has 3 rings (SSSR count). The smallest absolute Gasteiger partial charge is 0.290 e. The van der Waals surface area contributed by atoms with E-state index in [0.717, 1.165) is 12.1 Å². The van der Waals surface area contributed by atoms with Crippen molar-refractivity contribution in [3.05, 3.63) is 81.7 Å². The molecule has 0 aromatic heterocycles. The van der Waals surface area contributed by atoms with E-state index in [-0.39, 0.29) is 42.0 Å². The standard InChI is InChI=1S/C26H25F3N2O3/c1-16-10-17(4-6-21(16)27)11-19-14-31(26(34)24(32)8-9-30(2)3)15-20(25(19)33)12-18-5-7-22(28)23(29)13-18/h4-7,10-13H,8-9,14-15H2,1-3H3/b19-11+,20-12+. The molecular weight excluding hydrogens is 445 g/mol. The van der Waals surface area contributed by atoms with E-state index in [4.69, 9.17) is 0 Å². The van der Waals surface area contributed by atoms with Gasteiger partial charge >= 0.3 is 0 Å². The van der Waals surface area contributed by atoms with Crippen molar-refractivity contribution in [2.24, 2.45) is 0 Å². The van der Waals surface area contributed by atoms with Gasteiger partial charge in [0.2, 0.25) is 5.78 Å². The molecule has 0 bridgehead atoms. The minimum absolute atomic E-state index is 0.0225. The minimum Gasteiger partial charge on any atom is -0.327 e. The van der Waals surface area contributed by atoms with Crippen LogP contribution in [-0.2, 0) is 14.4 Å². The van der Waals surface area contributed by atoms with Crippen LogP contribution in [0.15, 0.2) is 47.5 Å². The monoisotopic (exact) mass is 470 g/mol. The molecule has 34 heavy (non-hydrogen) atoms. The van der Waals surface area contributed by atoms with Crippen LogP contribution in [-0.4, -0.2) is 61.0 Å². The summed E-state index contributed by atoms with van der Waals surface area (Å²) in [5, 5.41) is 0. The third-order valence-corrected chi connectivity index (χ3v) is 5.42. The van der Waals surface area contributed by atoms with Crippen molar-refractivity contribution in [1.29, 1.82) is 0 Å². The molecular formula is C26H25F3N2O3. The van der Waals surface area contributed by atoms with Crippen molar-refractivity contribution in [2.45, 2.75) is 13.3 Å².